The fourth-order valence-electron chi connectivity index (χ4n) is 2.61. The van der Waals surface area contributed by atoms with E-state index in [1.165, 1.54) is 5.56 Å². The number of aromatic nitrogens is 3. The van der Waals surface area contributed by atoms with Crippen molar-refractivity contribution in [1.29, 1.82) is 0 Å². The minimum Gasteiger partial charge on any atom is -0.508 e. The molecular weight excluding hydrogens is 240 g/mol. The number of rotatable bonds is 3. The Kier molecular flexibility index (Phi) is 3.46. The van der Waals surface area contributed by atoms with E-state index in [0.29, 0.717) is 11.8 Å². The van der Waals surface area contributed by atoms with Crippen LogP contribution in [0.1, 0.15) is 24.4 Å². The summed E-state index contributed by atoms with van der Waals surface area (Å²) in [7, 11) is 0. The van der Waals surface area contributed by atoms with Crippen LogP contribution in [0.2, 0.25) is 0 Å². The molecule has 0 unspecified atom stereocenters. The molecule has 1 aromatic heterocycles. The third-order valence-corrected chi connectivity index (χ3v) is 3.71. The molecule has 0 bridgehead atoms. The number of benzene rings is 1. The van der Waals surface area contributed by atoms with Gasteiger partial charge in [0.2, 0.25) is 0 Å². The van der Waals surface area contributed by atoms with Crippen LogP contribution in [0.25, 0.3) is 0 Å². The molecule has 1 aromatic carbocycles. The van der Waals surface area contributed by atoms with Crippen LogP contribution in [-0.2, 0) is 6.54 Å². The second kappa shape index (κ2) is 5.40. The molecule has 3 rings (SSSR count). The number of hydrogen-bond donors (Lipinski definition) is 1. The summed E-state index contributed by atoms with van der Waals surface area (Å²) in [4.78, 5) is 6.45. The van der Waals surface area contributed by atoms with E-state index in [4.69, 9.17) is 0 Å². The molecule has 0 atom stereocenters. The fourth-order valence-corrected chi connectivity index (χ4v) is 2.61. The maximum absolute atomic E-state index is 9.27. The maximum Gasteiger partial charge on any atom is 0.137 e. The van der Waals surface area contributed by atoms with Crippen molar-refractivity contribution in [2.45, 2.75) is 25.4 Å². The first-order valence-electron chi connectivity index (χ1n) is 6.65. The number of nitrogens with zero attached hydrogens (tertiary/aromatic N) is 4. The lowest BCUT2D eigenvalue weighted by atomic mass is 10.0. The molecule has 0 saturated carbocycles. The molecule has 19 heavy (non-hydrogen) atoms. The van der Waals surface area contributed by atoms with Crippen LogP contribution in [0.4, 0.5) is 0 Å². The minimum atomic E-state index is 0.327. The van der Waals surface area contributed by atoms with Crippen LogP contribution in [0.5, 0.6) is 5.75 Å². The van der Waals surface area contributed by atoms with E-state index in [1.54, 1.807) is 24.8 Å². The third-order valence-electron chi connectivity index (χ3n) is 3.71. The van der Waals surface area contributed by atoms with Gasteiger partial charge in [0.05, 0.1) is 6.04 Å². The number of phenolic OH excluding ortho intramolecular Hbond substituents is 1. The average molecular weight is 258 g/mol. The second-order valence-corrected chi connectivity index (χ2v) is 5.05. The maximum atomic E-state index is 9.27. The predicted molar refractivity (Wildman–Crippen MR) is 71.7 cm³/mol. The molecule has 0 amide bonds. The van der Waals surface area contributed by atoms with Gasteiger partial charge in [-0.15, -0.1) is 0 Å². The van der Waals surface area contributed by atoms with Crippen molar-refractivity contribution in [2.75, 3.05) is 13.1 Å². The molecule has 5 nitrogen and oxygen atoms in total. The Morgan fingerprint density at radius 2 is 1.89 bits per heavy atom. The van der Waals surface area contributed by atoms with Crippen molar-refractivity contribution in [3.8, 4) is 5.75 Å². The van der Waals surface area contributed by atoms with E-state index in [1.807, 2.05) is 16.8 Å². The van der Waals surface area contributed by atoms with E-state index in [9.17, 15) is 5.11 Å². The Hall–Kier alpha value is -1.88. The van der Waals surface area contributed by atoms with Crippen molar-refractivity contribution < 1.29 is 5.11 Å². The smallest absolute Gasteiger partial charge is 0.137 e. The first-order valence-corrected chi connectivity index (χ1v) is 6.65. The lowest BCUT2D eigenvalue weighted by molar-refractivity contribution is 0.173. The molecule has 1 fully saturated rings. The number of aromatic hydroxyl groups is 1. The molecule has 0 spiro atoms. The van der Waals surface area contributed by atoms with Crippen molar-refractivity contribution in [3.63, 3.8) is 0 Å². The summed E-state index contributed by atoms with van der Waals surface area (Å²) in [5.74, 6) is 0.327. The van der Waals surface area contributed by atoms with E-state index in [2.05, 4.69) is 15.0 Å². The topological polar surface area (TPSA) is 54.2 Å². The molecule has 1 aliphatic rings. The van der Waals surface area contributed by atoms with E-state index in [0.717, 1.165) is 32.5 Å². The zero-order chi connectivity index (χ0) is 13.1. The van der Waals surface area contributed by atoms with Crippen LogP contribution in [0, 0.1) is 0 Å². The van der Waals surface area contributed by atoms with Gasteiger partial charge in [-0.25, -0.2) is 9.67 Å². The van der Waals surface area contributed by atoms with Gasteiger partial charge in [-0.3, -0.25) is 4.90 Å². The van der Waals surface area contributed by atoms with Crippen LogP contribution >= 0.6 is 0 Å². The Labute approximate surface area is 112 Å². The fraction of sp³-hybridized carbons (Fsp3) is 0.429. The van der Waals surface area contributed by atoms with Gasteiger partial charge in [0, 0.05) is 19.6 Å². The summed E-state index contributed by atoms with van der Waals surface area (Å²) in [5.41, 5.74) is 1.25. The normalized spacial score (nSPS) is 17.7. The van der Waals surface area contributed by atoms with Gasteiger partial charge in [-0.2, -0.15) is 5.10 Å². The van der Waals surface area contributed by atoms with E-state index in [-0.39, 0.29) is 0 Å². The minimum absolute atomic E-state index is 0.327. The number of piperidine rings is 1. The highest BCUT2D eigenvalue weighted by molar-refractivity contribution is 5.25. The summed E-state index contributed by atoms with van der Waals surface area (Å²) in [6, 6.07) is 7.95. The van der Waals surface area contributed by atoms with Gasteiger partial charge in [-0.1, -0.05) is 12.1 Å². The molecule has 0 aliphatic carbocycles. The van der Waals surface area contributed by atoms with Gasteiger partial charge < -0.3 is 5.11 Å². The Morgan fingerprint density at radius 1 is 1.16 bits per heavy atom. The third kappa shape index (κ3) is 2.93. The summed E-state index contributed by atoms with van der Waals surface area (Å²) in [6.07, 6.45) is 5.63. The quantitative estimate of drug-likeness (QED) is 0.912. The summed E-state index contributed by atoms with van der Waals surface area (Å²) in [5, 5.41) is 13.5. The highest BCUT2D eigenvalue weighted by atomic mass is 16.3. The molecule has 1 N–H and O–H groups in total. The van der Waals surface area contributed by atoms with Gasteiger partial charge in [-0.05, 0) is 30.5 Å². The van der Waals surface area contributed by atoms with Crippen molar-refractivity contribution in [1.82, 2.24) is 19.7 Å². The predicted octanol–water partition coefficient (Wildman–Crippen LogP) is 1.82. The van der Waals surface area contributed by atoms with Gasteiger partial charge in [0.1, 0.15) is 18.4 Å². The average Bonchev–Trinajstić information content (AvgIpc) is 2.96. The molecule has 0 radical (unpaired) electrons. The largest absolute Gasteiger partial charge is 0.508 e. The SMILES string of the molecule is Oc1ccc(CN2CCC(n3cncn3)CC2)cc1. The van der Waals surface area contributed by atoms with Crippen LogP contribution in [-0.4, -0.2) is 37.9 Å². The van der Waals surface area contributed by atoms with E-state index < -0.39 is 0 Å². The van der Waals surface area contributed by atoms with Crippen molar-refractivity contribution in [3.05, 3.63) is 42.5 Å². The molecule has 1 saturated heterocycles. The molecule has 2 heterocycles. The molecule has 1 aliphatic heterocycles. The van der Waals surface area contributed by atoms with E-state index >= 15 is 0 Å². The van der Waals surface area contributed by atoms with Crippen molar-refractivity contribution >= 4 is 0 Å². The zero-order valence-electron chi connectivity index (χ0n) is 10.8. The number of likely N-dealkylation sites (tertiary alicyclic amines) is 1. The lowest BCUT2D eigenvalue weighted by Gasteiger charge is -2.31. The Bertz CT molecular complexity index is 501. The van der Waals surface area contributed by atoms with Gasteiger partial charge >= 0.3 is 0 Å². The van der Waals surface area contributed by atoms with Gasteiger partial charge in [0.25, 0.3) is 0 Å². The second-order valence-electron chi connectivity index (χ2n) is 5.05. The standard InChI is InChI=1S/C14H18N4O/c19-14-3-1-12(2-4-14)9-17-7-5-13(6-8-17)18-11-15-10-16-18/h1-4,10-11,13,19H,5-9H2. The summed E-state index contributed by atoms with van der Waals surface area (Å²) < 4.78 is 1.97. The lowest BCUT2D eigenvalue weighted by Crippen LogP contribution is -2.34. The van der Waals surface area contributed by atoms with Crippen LogP contribution < -0.4 is 0 Å². The Balaban J connectivity index is 1.54. The van der Waals surface area contributed by atoms with Crippen LogP contribution in [0.3, 0.4) is 0 Å². The summed E-state index contributed by atoms with van der Waals surface area (Å²) >= 11 is 0. The first kappa shape index (κ1) is 12.2. The Morgan fingerprint density at radius 3 is 2.53 bits per heavy atom. The highest BCUT2D eigenvalue weighted by Crippen LogP contribution is 2.22. The van der Waals surface area contributed by atoms with Crippen LogP contribution in [0.15, 0.2) is 36.9 Å². The first-order chi connectivity index (χ1) is 9.31. The molecule has 100 valence electrons. The highest BCUT2D eigenvalue weighted by Gasteiger charge is 2.20. The van der Waals surface area contributed by atoms with Crippen molar-refractivity contribution in [2.24, 2.45) is 0 Å². The molecule has 5 heteroatoms. The number of phenols is 1. The molecular formula is C14H18N4O. The molecule has 2 aromatic rings. The number of hydrogen-bond acceptors (Lipinski definition) is 4. The zero-order valence-corrected chi connectivity index (χ0v) is 10.8. The van der Waals surface area contributed by atoms with Gasteiger partial charge in [0.15, 0.2) is 0 Å². The monoisotopic (exact) mass is 258 g/mol. The summed E-state index contributed by atoms with van der Waals surface area (Å²) in [6.45, 7) is 3.10.